The topological polar surface area (TPSA) is 91.2 Å². The van der Waals surface area contributed by atoms with E-state index >= 15 is 0 Å². The van der Waals surface area contributed by atoms with Crippen molar-refractivity contribution in [3.05, 3.63) is 86.0 Å². The number of hydrogen-bond donors (Lipinski definition) is 2. The van der Waals surface area contributed by atoms with Crippen molar-refractivity contribution >= 4 is 45.3 Å². The molecule has 0 saturated heterocycles. The van der Waals surface area contributed by atoms with Gasteiger partial charge in [-0.15, -0.1) is 0 Å². The van der Waals surface area contributed by atoms with Crippen LogP contribution in [0.3, 0.4) is 0 Å². The third-order valence-corrected chi connectivity index (χ3v) is 7.17. The van der Waals surface area contributed by atoms with Crippen LogP contribution in [0.15, 0.2) is 74.9 Å². The number of thioether (sulfide) groups is 1. The Morgan fingerprint density at radius 2 is 1.75 bits per heavy atom. The Hall–Kier alpha value is -3.02. The fourth-order valence-corrected chi connectivity index (χ4v) is 5.01. The van der Waals surface area contributed by atoms with Crippen molar-refractivity contribution < 1.29 is 14.3 Å². The number of benzene rings is 2. The number of esters is 1. The van der Waals surface area contributed by atoms with Crippen molar-refractivity contribution in [2.45, 2.75) is 52.6 Å². The second-order valence-corrected chi connectivity index (χ2v) is 11.0. The lowest BCUT2D eigenvalue weighted by atomic mass is 9.82. The van der Waals surface area contributed by atoms with Gasteiger partial charge in [-0.3, -0.25) is 4.79 Å². The van der Waals surface area contributed by atoms with Crippen LogP contribution in [0.1, 0.15) is 57.6 Å². The summed E-state index contributed by atoms with van der Waals surface area (Å²) in [6.07, 6.45) is -0.297. The number of anilines is 1. The molecule has 0 spiro atoms. The molecule has 1 unspecified atom stereocenters. The molecule has 188 valence electrons. The van der Waals surface area contributed by atoms with Crippen LogP contribution >= 0.6 is 27.7 Å². The second kappa shape index (κ2) is 12.3. The minimum Gasteiger partial charge on any atom is -0.460 e. The fraction of sp³-hybridized carbons (Fsp3) is 0.321. The summed E-state index contributed by atoms with van der Waals surface area (Å²) in [4.78, 5) is 25.7. The molecule has 0 fully saturated rings. The summed E-state index contributed by atoms with van der Waals surface area (Å²) in [6.45, 7) is 9.61. The average Bonchev–Trinajstić information content (AvgIpc) is 2.83. The molecule has 2 N–H and O–H groups in total. The standard InChI is InChI=1S/C28H30BrN3O3S/c1-16(2)19-6-8-20(9-7-19)26-23(14-30)27(31-18(5)25(26)28(34)35-17(3)4)36-15-24(33)32-22-12-10-21(29)11-13-22/h6-13,16-17,26,31H,15H2,1-5H3,(H,32,33). The third-order valence-electron chi connectivity index (χ3n) is 5.62. The predicted octanol–water partition coefficient (Wildman–Crippen LogP) is 6.59. The summed E-state index contributed by atoms with van der Waals surface area (Å²) in [6, 6.07) is 17.6. The first-order valence-electron chi connectivity index (χ1n) is 11.7. The summed E-state index contributed by atoms with van der Waals surface area (Å²) >= 11 is 4.62. The lowest BCUT2D eigenvalue weighted by Crippen LogP contribution is -2.30. The highest BCUT2D eigenvalue weighted by molar-refractivity contribution is 9.10. The number of halogens is 1. The van der Waals surface area contributed by atoms with Gasteiger partial charge in [-0.25, -0.2) is 4.79 Å². The van der Waals surface area contributed by atoms with Gasteiger partial charge in [-0.05, 0) is 62.1 Å². The Morgan fingerprint density at radius 1 is 1.11 bits per heavy atom. The fourth-order valence-electron chi connectivity index (χ4n) is 3.85. The maximum absolute atomic E-state index is 13.1. The number of nitrogens with zero attached hydrogens (tertiary/aromatic N) is 1. The normalized spacial score (nSPS) is 15.6. The van der Waals surface area contributed by atoms with Crippen LogP contribution in [0, 0.1) is 11.3 Å². The van der Waals surface area contributed by atoms with Crippen LogP contribution < -0.4 is 10.6 Å². The van der Waals surface area contributed by atoms with Crippen molar-refractivity contribution in [1.82, 2.24) is 5.32 Å². The van der Waals surface area contributed by atoms with E-state index in [0.717, 1.165) is 10.0 Å². The SMILES string of the molecule is CC1=C(C(=O)OC(C)C)C(c2ccc(C(C)C)cc2)C(C#N)=C(SCC(=O)Nc2ccc(Br)cc2)N1. The number of dihydropyridines is 1. The van der Waals surface area contributed by atoms with Crippen LogP contribution in [-0.4, -0.2) is 23.7 Å². The van der Waals surface area contributed by atoms with E-state index in [-0.39, 0.29) is 17.8 Å². The number of rotatable bonds is 8. The molecule has 0 aliphatic carbocycles. The monoisotopic (exact) mass is 567 g/mol. The average molecular weight is 569 g/mol. The summed E-state index contributed by atoms with van der Waals surface area (Å²) in [5.74, 6) is -0.797. The zero-order valence-electron chi connectivity index (χ0n) is 21.0. The number of nitriles is 1. The maximum Gasteiger partial charge on any atom is 0.337 e. The molecule has 8 heteroatoms. The highest BCUT2D eigenvalue weighted by atomic mass is 79.9. The Balaban J connectivity index is 1.92. The molecule has 0 radical (unpaired) electrons. The smallest absolute Gasteiger partial charge is 0.337 e. The molecular weight excluding hydrogens is 538 g/mol. The van der Waals surface area contributed by atoms with Gasteiger partial charge in [0, 0.05) is 15.9 Å². The van der Waals surface area contributed by atoms with E-state index in [9.17, 15) is 14.9 Å². The van der Waals surface area contributed by atoms with Crippen LogP contribution in [0.5, 0.6) is 0 Å². The minimum absolute atomic E-state index is 0.0988. The molecule has 6 nitrogen and oxygen atoms in total. The summed E-state index contributed by atoms with van der Waals surface area (Å²) in [5, 5.41) is 16.8. The number of amides is 1. The molecule has 1 amide bonds. The molecule has 36 heavy (non-hydrogen) atoms. The highest BCUT2D eigenvalue weighted by Gasteiger charge is 2.36. The number of hydrogen-bond acceptors (Lipinski definition) is 6. The molecule has 3 rings (SSSR count). The number of ether oxygens (including phenoxy) is 1. The summed E-state index contributed by atoms with van der Waals surface area (Å²) in [7, 11) is 0. The lowest BCUT2D eigenvalue weighted by Gasteiger charge is -2.30. The largest absolute Gasteiger partial charge is 0.460 e. The zero-order valence-corrected chi connectivity index (χ0v) is 23.4. The van der Waals surface area contributed by atoms with Crippen molar-refractivity contribution in [2.24, 2.45) is 0 Å². The number of allylic oxidation sites excluding steroid dienone is 2. The van der Waals surface area contributed by atoms with Crippen LogP contribution in [0.2, 0.25) is 0 Å². The second-order valence-electron chi connectivity index (χ2n) is 9.07. The molecule has 2 aromatic carbocycles. The molecule has 0 saturated carbocycles. The molecule has 0 bridgehead atoms. The summed E-state index contributed by atoms with van der Waals surface area (Å²) < 4.78 is 6.45. The van der Waals surface area contributed by atoms with Gasteiger partial charge >= 0.3 is 5.97 Å². The Kier molecular flexibility index (Phi) is 9.41. The first-order valence-corrected chi connectivity index (χ1v) is 13.5. The molecule has 1 atom stereocenters. The Labute approximate surface area is 225 Å². The molecular formula is C28H30BrN3O3S. The Morgan fingerprint density at radius 3 is 2.31 bits per heavy atom. The van der Waals surface area contributed by atoms with Gasteiger partial charge in [0.2, 0.25) is 5.91 Å². The van der Waals surface area contributed by atoms with Gasteiger partial charge in [-0.2, -0.15) is 5.26 Å². The predicted molar refractivity (Wildman–Crippen MR) is 148 cm³/mol. The van der Waals surface area contributed by atoms with E-state index in [0.29, 0.717) is 33.5 Å². The van der Waals surface area contributed by atoms with E-state index in [2.05, 4.69) is 46.5 Å². The van der Waals surface area contributed by atoms with E-state index in [1.165, 1.54) is 17.3 Å². The van der Waals surface area contributed by atoms with E-state index in [1.807, 2.05) is 48.5 Å². The number of carbonyl (C=O) groups is 2. The quantitative estimate of drug-likeness (QED) is 0.349. The summed E-state index contributed by atoms with van der Waals surface area (Å²) in [5.41, 5.74) is 4.07. The van der Waals surface area contributed by atoms with Crippen molar-refractivity contribution in [3.63, 3.8) is 0 Å². The van der Waals surface area contributed by atoms with Gasteiger partial charge in [0.25, 0.3) is 0 Å². The van der Waals surface area contributed by atoms with Crippen molar-refractivity contribution in [3.8, 4) is 6.07 Å². The van der Waals surface area contributed by atoms with E-state index < -0.39 is 11.9 Å². The highest BCUT2D eigenvalue weighted by Crippen LogP contribution is 2.41. The molecule has 1 heterocycles. The van der Waals surface area contributed by atoms with Crippen LogP contribution in [0.4, 0.5) is 5.69 Å². The molecule has 1 aliphatic heterocycles. The molecule has 2 aromatic rings. The number of nitrogens with one attached hydrogen (secondary N) is 2. The van der Waals surface area contributed by atoms with Gasteiger partial charge in [-0.1, -0.05) is 65.8 Å². The molecule has 0 aromatic heterocycles. The van der Waals surface area contributed by atoms with Crippen molar-refractivity contribution in [1.29, 1.82) is 5.26 Å². The van der Waals surface area contributed by atoms with Crippen LogP contribution in [0.25, 0.3) is 0 Å². The zero-order chi connectivity index (χ0) is 26.4. The first-order chi connectivity index (χ1) is 17.1. The van der Waals surface area contributed by atoms with Crippen LogP contribution in [-0.2, 0) is 14.3 Å². The van der Waals surface area contributed by atoms with E-state index in [4.69, 9.17) is 4.74 Å². The number of carbonyl (C=O) groups excluding carboxylic acids is 2. The van der Waals surface area contributed by atoms with Gasteiger partial charge in [0.05, 0.1) is 40.0 Å². The Bertz CT molecular complexity index is 1230. The lowest BCUT2D eigenvalue weighted by molar-refractivity contribution is -0.143. The molecule has 1 aliphatic rings. The van der Waals surface area contributed by atoms with Crippen molar-refractivity contribution in [2.75, 3.05) is 11.1 Å². The van der Waals surface area contributed by atoms with Gasteiger partial charge < -0.3 is 15.4 Å². The van der Waals surface area contributed by atoms with Gasteiger partial charge in [0.15, 0.2) is 0 Å². The van der Waals surface area contributed by atoms with E-state index in [1.54, 1.807) is 20.8 Å². The first kappa shape index (κ1) is 27.6. The van der Waals surface area contributed by atoms with Gasteiger partial charge in [0.1, 0.15) is 0 Å². The maximum atomic E-state index is 13.1. The minimum atomic E-state index is -0.597. The third kappa shape index (κ3) is 6.80.